The lowest BCUT2D eigenvalue weighted by Gasteiger charge is -2.23. The number of nitrogen functional groups attached to an aromatic ring is 1. The Morgan fingerprint density at radius 3 is 2.57 bits per heavy atom. The number of carbonyl (C=O) groups excluding carboxylic acids is 1. The highest BCUT2D eigenvalue weighted by Crippen LogP contribution is 2.42. The minimum Gasteiger partial charge on any atom is -0.465 e. The fourth-order valence-corrected chi connectivity index (χ4v) is 5.70. The first-order valence-corrected chi connectivity index (χ1v) is 10.3. The number of carbonyl (C=O) groups is 1. The van der Waals surface area contributed by atoms with Gasteiger partial charge < -0.3 is 15.8 Å². The van der Waals surface area contributed by atoms with Crippen molar-refractivity contribution in [1.82, 2.24) is 0 Å². The van der Waals surface area contributed by atoms with Crippen LogP contribution in [0.3, 0.4) is 0 Å². The molecule has 118 valence electrons. The zero-order valence-corrected chi connectivity index (χ0v) is 14.3. The molecule has 0 aromatic carbocycles. The SMILES string of the molecule is COC(=O)c1sc(NC2CCS(=O)(=O)CC2)c(SC)c1N. The summed E-state index contributed by atoms with van der Waals surface area (Å²) >= 11 is 2.71. The Morgan fingerprint density at radius 2 is 2.05 bits per heavy atom. The van der Waals surface area contributed by atoms with Crippen LogP contribution in [0.15, 0.2) is 4.90 Å². The molecule has 0 saturated carbocycles. The van der Waals surface area contributed by atoms with Crippen molar-refractivity contribution in [3.63, 3.8) is 0 Å². The number of hydrogen-bond acceptors (Lipinski definition) is 8. The van der Waals surface area contributed by atoms with Crippen molar-refractivity contribution in [2.24, 2.45) is 0 Å². The third kappa shape index (κ3) is 3.64. The first-order chi connectivity index (χ1) is 9.88. The van der Waals surface area contributed by atoms with Crippen LogP contribution in [0.4, 0.5) is 10.7 Å². The molecule has 2 rings (SSSR count). The summed E-state index contributed by atoms with van der Waals surface area (Å²) in [6.45, 7) is 0. The Morgan fingerprint density at radius 1 is 1.43 bits per heavy atom. The average molecular weight is 350 g/mol. The Kier molecular flexibility index (Phi) is 5.05. The van der Waals surface area contributed by atoms with Crippen LogP contribution in [-0.4, -0.2) is 45.3 Å². The van der Waals surface area contributed by atoms with Gasteiger partial charge in [-0.25, -0.2) is 13.2 Å². The van der Waals surface area contributed by atoms with Gasteiger partial charge in [0.15, 0.2) is 0 Å². The van der Waals surface area contributed by atoms with Gasteiger partial charge in [-0.1, -0.05) is 0 Å². The number of esters is 1. The molecule has 0 aliphatic carbocycles. The monoisotopic (exact) mass is 350 g/mol. The molecule has 1 saturated heterocycles. The van der Waals surface area contributed by atoms with Crippen molar-refractivity contribution >= 4 is 49.6 Å². The molecule has 0 spiro atoms. The van der Waals surface area contributed by atoms with E-state index in [0.717, 1.165) is 9.90 Å². The summed E-state index contributed by atoms with van der Waals surface area (Å²) in [7, 11) is -1.57. The van der Waals surface area contributed by atoms with Gasteiger partial charge in [0.2, 0.25) is 0 Å². The molecule has 1 aromatic rings. The van der Waals surface area contributed by atoms with Crippen LogP contribution in [0.5, 0.6) is 0 Å². The van der Waals surface area contributed by atoms with Gasteiger partial charge in [0.1, 0.15) is 19.7 Å². The van der Waals surface area contributed by atoms with Gasteiger partial charge in [-0.3, -0.25) is 0 Å². The zero-order chi connectivity index (χ0) is 15.6. The highest BCUT2D eigenvalue weighted by molar-refractivity contribution is 7.99. The molecule has 0 amide bonds. The summed E-state index contributed by atoms with van der Waals surface area (Å²) in [6, 6.07) is 0.0861. The smallest absolute Gasteiger partial charge is 0.350 e. The van der Waals surface area contributed by atoms with Crippen LogP contribution in [0.1, 0.15) is 22.5 Å². The normalized spacial score (nSPS) is 18.4. The average Bonchev–Trinajstić information content (AvgIpc) is 2.76. The minimum atomic E-state index is -2.88. The van der Waals surface area contributed by atoms with Gasteiger partial charge in [-0.2, -0.15) is 0 Å². The summed E-state index contributed by atoms with van der Waals surface area (Å²) in [5, 5.41) is 4.13. The number of methoxy groups -OCH3 is 1. The van der Waals surface area contributed by atoms with E-state index >= 15 is 0 Å². The van der Waals surface area contributed by atoms with Crippen LogP contribution in [0.25, 0.3) is 0 Å². The maximum atomic E-state index is 11.7. The van der Waals surface area contributed by atoms with E-state index in [1.54, 1.807) is 0 Å². The molecule has 6 nitrogen and oxygen atoms in total. The Hall–Kier alpha value is -0.930. The van der Waals surface area contributed by atoms with Gasteiger partial charge in [0.05, 0.1) is 29.2 Å². The van der Waals surface area contributed by atoms with Gasteiger partial charge in [0, 0.05) is 6.04 Å². The molecule has 0 bridgehead atoms. The summed E-state index contributed by atoms with van der Waals surface area (Å²) in [6.07, 6.45) is 3.03. The maximum absolute atomic E-state index is 11.7. The lowest BCUT2D eigenvalue weighted by Crippen LogP contribution is -2.31. The zero-order valence-electron chi connectivity index (χ0n) is 11.8. The van der Waals surface area contributed by atoms with E-state index in [9.17, 15) is 13.2 Å². The molecule has 0 atom stereocenters. The number of ether oxygens (including phenoxy) is 1. The third-order valence-electron chi connectivity index (χ3n) is 3.36. The number of hydrogen-bond donors (Lipinski definition) is 2. The van der Waals surface area contributed by atoms with Crippen LogP contribution < -0.4 is 11.1 Å². The van der Waals surface area contributed by atoms with Gasteiger partial charge in [-0.05, 0) is 19.1 Å². The summed E-state index contributed by atoms with van der Waals surface area (Å²) < 4.78 is 27.6. The number of nitrogens with one attached hydrogen (secondary N) is 1. The summed E-state index contributed by atoms with van der Waals surface area (Å²) in [5.41, 5.74) is 6.41. The van der Waals surface area contributed by atoms with E-state index in [0.29, 0.717) is 23.4 Å². The van der Waals surface area contributed by atoms with Crippen molar-refractivity contribution in [2.45, 2.75) is 23.8 Å². The lowest BCUT2D eigenvalue weighted by atomic mass is 10.1. The molecular formula is C12H18N2O4S3. The molecular weight excluding hydrogens is 332 g/mol. The number of anilines is 2. The number of thioether (sulfide) groups is 1. The highest BCUT2D eigenvalue weighted by atomic mass is 32.2. The molecule has 1 fully saturated rings. The second-order valence-electron chi connectivity index (χ2n) is 4.77. The topological polar surface area (TPSA) is 98.5 Å². The minimum absolute atomic E-state index is 0.0861. The molecule has 0 radical (unpaired) electrons. The van der Waals surface area contributed by atoms with E-state index in [1.165, 1.54) is 30.2 Å². The predicted molar refractivity (Wildman–Crippen MR) is 87.2 cm³/mol. The Labute approximate surface area is 132 Å². The first kappa shape index (κ1) is 16.4. The van der Waals surface area contributed by atoms with E-state index in [1.807, 2.05) is 6.26 Å². The van der Waals surface area contributed by atoms with E-state index in [4.69, 9.17) is 10.5 Å². The summed E-state index contributed by atoms with van der Waals surface area (Å²) in [5.74, 6) is -0.0550. The Bertz CT molecular complexity index is 625. The van der Waals surface area contributed by atoms with Crippen molar-refractivity contribution in [2.75, 3.05) is 35.9 Å². The maximum Gasteiger partial charge on any atom is 0.350 e. The number of nitrogens with two attached hydrogens (primary N) is 1. The highest BCUT2D eigenvalue weighted by Gasteiger charge is 2.27. The molecule has 1 aromatic heterocycles. The molecule has 1 aliphatic rings. The second-order valence-corrected chi connectivity index (χ2v) is 8.91. The second kappa shape index (κ2) is 6.45. The van der Waals surface area contributed by atoms with Gasteiger partial charge in [0.25, 0.3) is 0 Å². The van der Waals surface area contributed by atoms with Crippen LogP contribution in [-0.2, 0) is 14.6 Å². The molecule has 3 N–H and O–H groups in total. The molecule has 1 aliphatic heterocycles. The molecule has 0 unspecified atom stereocenters. The van der Waals surface area contributed by atoms with E-state index < -0.39 is 15.8 Å². The van der Waals surface area contributed by atoms with Crippen LogP contribution in [0.2, 0.25) is 0 Å². The number of rotatable bonds is 4. The van der Waals surface area contributed by atoms with Crippen molar-refractivity contribution < 1.29 is 17.9 Å². The van der Waals surface area contributed by atoms with Crippen molar-refractivity contribution in [3.8, 4) is 0 Å². The number of sulfone groups is 1. The lowest BCUT2D eigenvalue weighted by molar-refractivity contribution is 0.0607. The fraction of sp³-hybridized carbons (Fsp3) is 0.583. The molecule has 2 heterocycles. The predicted octanol–water partition coefficient (Wildman–Crippen LogP) is 1.83. The Balaban J connectivity index is 2.18. The summed E-state index contributed by atoms with van der Waals surface area (Å²) in [4.78, 5) is 12.9. The standard InChI is InChI=1S/C12H18N2O4S3/c1-18-12(15)10-8(13)9(19-2)11(20-10)14-7-3-5-21(16,17)6-4-7/h7,14H,3-6,13H2,1-2H3. The first-order valence-electron chi connectivity index (χ1n) is 6.39. The fourth-order valence-electron chi connectivity index (χ4n) is 2.19. The van der Waals surface area contributed by atoms with E-state index in [2.05, 4.69) is 5.32 Å². The molecule has 21 heavy (non-hydrogen) atoms. The van der Waals surface area contributed by atoms with Crippen molar-refractivity contribution in [3.05, 3.63) is 4.88 Å². The van der Waals surface area contributed by atoms with E-state index in [-0.39, 0.29) is 17.5 Å². The van der Waals surface area contributed by atoms with Gasteiger partial charge in [-0.15, -0.1) is 23.1 Å². The quantitative estimate of drug-likeness (QED) is 0.631. The van der Waals surface area contributed by atoms with Crippen LogP contribution in [0, 0.1) is 0 Å². The third-order valence-corrected chi connectivity index (χ3v) is 7.16. The number of thiophene rings is 1. The van der Waals surface area contributed by atoms with Crippen molar-refractivity contribution in [1.29, 1.82) is 0 Å². The van der Waals surface area contributed by atoms with Gasteiger partial charge >= 0.3 is 5.97 Å². The molecule has 9 heteroatoms. The largest absolute Gasteiger partial charge is 0.465 e. The van der Waals surface area contributed by atoms with Crippen LogP contribution >= 0.6 is 23.1 Å².